The number of allylic oxidation sites excluding steroid dienone is 3. The van der Waals surface area contributed by atoms with Crippen LogP contribution in [0.4, 0.5) is 0 Å². The van der Waals surface area contributed by atoms with E-state index in [1.165, 1.54) is 13.7 Å². The highest BCUT2D eigenvalue weighted by atomic mass is 16.2. The Bertz CT molecular complexity index is 690. The number of nitrogens with zero attached hydrogens (tertiary/aromatic N) is 3. The molecule has 6 nitrogen and oxygen atoms in total. The zero-order valence-electron chi connectivity index (χ0n) is 18.5. The maximum absolute atomic E-state index is 12.9. The van der Waals surface area contributed by atoms with Crippen molar-refractivity contribution in [2.24, 2.45) is 0 Å². The standard InChI is InChI=1S/C24H39N3O3/c1-4-7-10-13-16-19-25-22(28)26(20-17-14-11-8-5-2)24(30)27(23(25)29)21-18-15-12-9-6-3/h4-6H,1-3,7-21H2. The first kappa shape index (κ1) is 25.7. The zero-order valence-corrected chi connectivity index (χ0v) is 18.5. The summed E-state index contributed by atoms with van der Waals surface area (Å²) in [7, 11) is 0. The quantitative estimate of drug-likeness (QED) is 0.262. The Labute approximate surface area is 180 Å². The summed E-state index contributed by atoms with van der Waals surface area (Å²) in [5.74, 6) is 0. The van der Waals surface area contributed by atoms with E-state index in [0.717, 1.165) is 77.0 Å². The monoisotopic (exact) mass is 417 g/mol. The van der Waals surface area contributed by atoms with Gasteiger partial charge in [-0.1, -0.05) is 37.5 Å². The van der Waals surface area contributed by atoms with Crippen LogP contribution in [0.15, 0.2) is 52.3 Å². The fraction of sp³-hybridized carbons (Fsp3) is 0.625. The minimum Gasteiger partial charge on any atom is -0.247 e. The van der Waals surface area contributed by atoms with Gasteiger partial charge in [0.1, 0.15) is 0 Å². The first-order chi connectivity index (χ1) is 14.6. The van der Waals surface area contributed by atoms with E-state index in [0.29, 0.717) is 19.6 Å². The van der Waals surface area contributed by atoms with Crippen LogP contribution in [-0.2, 0) is 19.6 Å². The van der Waals surface area contributed by atoms with Gasteiger partial charge >= 0.3 is 17.1 Å². The summed E-state index contributed by atoms with van der Waals surface area (Å²) < 4.78 is 3.76. The minimum atomic E-state index is -0.472. The molecule has 0 aliphatic rings. The molecule has 0 spiro atoms. The van der Waals surface area contributed by atoms with E-state index >= 15 is 0 Å². The van der Waals surface area contributed by atoms with Gasteiger partial charge in [0.05, 0.1) is 0 Å². The summed E-state index contributed by atoms with van der Waals surface area (Å²) in [6.45, 7) is 12.2. The Balaban J connectivity index is 3.01. The van der Waals surface area contributed by atoms with Gasteiger partial charge in [-0.2, -0.15) is 0 Å². The largest absolute Gasteiger partial charge is 0.336 e. The van der Waals surface area contributed by atoms with Crippen LogP contribution in [0.1, 0.15) is 77.0 Å². The van der Waals surface area contributed by atoms with E-state index in [9.17, 15) is 14.4 Å². The fourth-order valence-electron chi connectivity index (χ4n) is 3.46. The van der Waals surface area contributed by atoms with Crippen molar-refractivity contribution in [1.29, 1.82) is 0 Å². The van der Waals surface area contributed by atoms with Crippen molar-refractivity contribution < 1.29 is 0 Å². The highest BCUT2D eigenvalue weighted by Gasteiger charge is 2.15. The molecule has 0 amide bonds. The van der Waals surface area contributed by atoms with Crippen LogP contribution in [0.2, 0.25) is 0 Å². The van der Waals surface area contributed by atoms with Crippen molar-refractivity contribution in [3.05, 3.63) is 69.4 Å². The second-order valence-electron chi connectivity index (χ2n) is 7.72. The van der Waals surface area contributed by atoms with Crippen molar-refractivity contribution in [2.75, 3.05) is 0 Å². The van der Waals surface area contributed by atoms with Crippen LogP contribution >= 0.6 is 0 Å². The van der Waals surface area contributed by atoms with Gasteiger partial charge in [0.2, 0.25) is 0 Å². The molecular formula is C24H39N3O3. The van der Waals surface area contributed by atoms with Gasteiger partial charge in [-0.05, 0) is 57.8 Å². The van der Waals surface area contributed by atoms with Crippen LogP contribution in [-0.4, -0.2) is 13.7 Å². The van der Waals surface area contributed by atoms with E-state index in [2.05, 4.69) is 19.7 Å². The molecule has 0 aliphatic carbocycles. The van der Waals surface area contributed by atoms with Crippen LogP contribution in [0, 0.1) is 0 Å². The van der Waals surface area contributed by atoms with Crippen LogP contribution in [0.25, 0.3) is 0 Å². The van der Waals surface area contributed by atoms with Crippen LogP contribution in [0.5, 0.6) is 0 Å². The summed E-state index contributed by atoms with van der Waals surface area (Å²) in [5.41, 5.74) is -1.42. The summed E-state index contributed by atoms with van der Waals surface area (Å²) in [6.07, 6.45) is 16.3. The molecule has 0 unspecified atom stereocenters. The third kappa shape index (κ3) is 8.56. The number of unbranched alkanes of at least 4 members (excludes halogenated alkanes) is 9. The predicted molar refractivity (Wildman–Crippen MR) is 125 cm³/mol. The fourth-order valence-corrected chi connectivity index (χ4v) is 3.46. The van der Waals surface area contributed by atoms with Gasteiger partial charge in [-0.25, -0.2) is 28.1 Å². The summed E-state index contributed by atoms with van der Waals surface area (Å²) in [6, 6.07) is 0. The van der Waals surface area contributed by atoms with Crippen molar-refractivity contribution in [3.63, 3.8) is 0 Å². The SMILES string of the molecule is C=CCCCCCn1c(=O)n(CCCCCC=C)c(=O)n(CCCCCC=C)c1=O. The highest BCUT2D eigenvalue weighted by molar-refractivity contribution is 4.80. The Morgan fingerprint density at radius 1 is 0.467 bits per heavy atom. The molecule has 0 aliphatic heterocycles. The normalized spacial score (nSPS) is 10.8. The van der Waals surface area contributed by atoms with Gasteiger partial charge in [0, 0.05) is 19.6 Å². The Kier molecular flexibility index (Phi) is 13.2. The maximum atomic E-state index is 12.9. The summed E-state index contributed by atoms with van der Waals surface area (Å²) in [4.78, 5) is 38.7. The number of aromatic nitrogens is 3. The smallest absolute Gasteiger partial charge is 0.247 e. The van der Waals surface area contributed by atoms with Gasteiger partial charge < -0.3 is 0 Å². The molecule has 30 heavy (non-hydrogen) atoms. The third-order valence-electron chi connectivity index (χ3n) is 5.26. The lowest BCUT2D eigenvalue weighted by atomic mass is 10.2. The first-order valence-electron chi connectivity index (χ1n) is 11.4. The van der Waals surface area contributed by atoms with E-state index < -0.39 is 17.1 Å². The Hall–Kier alpha value is -2.37. The number of rotatable bonds is 18. The molecule has 1 aromatic rings. The summed E-state index contributed by atoms with van der Waals surface area (Å²) in [5, 5.41) is 0. The van der Waals surface area contributed by atoms with Crippen molar-refractivity contribution in [3.8, 4) is 0 Å². The van der Waals surface area contributed by atoms with E-state index in [4.69, 9.17) is 0 Å². The molecule has 0 aromatic carbocycles. The molecule has 6 heteroatoms. The first-order valence-corrected chi connectivity index (χ1v) is 11.4. The molecule has 0 saturated carbocycles. The third-order valence-corrected chi connectivity index (χ3v) is 5.26. The second kappa shape index (κ2) is 15.5. The van der Waals surface area contributed by atoms with Gasteiger partial charge in [-0.3, -0.25) is 0 Å². The highest BCUT2D eigenvalue weighted by Crippen LogP contribution is 2.03. The number of hydrogen-bond donors (Lipinski definition) is 0. The molecule has 0 bridgehead atoms. The molecule has 0 radical (unpaired) electrons. The molecular weight excluding hydrogens is 378 g/mol. The van der Waals surface area contributed by atoms with Crippen molar-refractivity contribution in [1.82, 2.24) is 13.7 Å². The molecule has 1 rings (SSSR count). The maximum Gasteiger partial charge on any atom is 0.336 e. The molecule has 1 heterocycles. The van der Waals surface area contributed by atoms with Gasteiger partial charge in [0.25, 0.3) is 0 Å². The lowest BCUT2D eigenvalue weighted by Gasteiger charge is -2.14. The second-order valence-corrected chi connectivity index (χ2v) is 7.72. The van der Waals surface area contributed by atoms with Crippen LogP contribution in [0.3, 0.4) is 0 Å². The number of hydrogen-bond acceptors (Lipinski definition) is 3. The molecule has 0 fully saturated rings. The topological polar surface area (TPSA) is 66.0 Å². The van der Waals surface area contributed by atoms with Gasteiger partial charge in [0.15, 0.2) is 0 Å². The van der Waals surface area contributed by atoms with E-state index in [-0.39, 0.29) is 0 Å². The predicted octanol–water partition coefficient (Wildman–Crippen LogP) is 4.41. The lowest BCUT2D eigenvalue weighted by molar-refractivity contribution is 0.415. The van der Waals surface area contributed by atoms with E-state index in [1.807, 2.05) is 18.2 Å². The molecule has 168 valence electrons. The van der Waals surface area contributed by atoms with Gasteiger partial charge in [-0.15, -0.1) is 19.7 Å². The average Bonchev–Trinajstić information content (AvgIpc) is 2.74. The van der Waals surface area contributed by atoms with Crippen molar-refractivity contribution >= 4 is 0 Å². The average molecular weight is 418 g/mol. The molecule has 1 aromatic heterocycles. The molecule has 0 atom stereocenters. The minimum absolute atomic E-state index is 0.349. The zero-order chi connectivity index (χ0) is 22.2. The Morgan fingerprint density at radius 3 is 0.967 bits per heavy atom. The van der Waals surface area contributed by atoms with Crippen LogP contribution < -0.4 is 17.1 Å². The molecule has 0 N–H and O–H groups in total. The van der Waals surface area contributed by atoms with Crippen molar-refractivity contribution in [2.45, 2.75) is 96.7 Å². The lowest BCUT2D eigenvalue weighted by Crippen LogP contribution is -2.54. The molecule has 0 saturated heterocycles. The van der Waals surface area contributed by atoms with E-state index in [1.54, 1.807) is 0 Å². The Morgan fingerprint density at radius 2 is 0.733 bits per heavy atom. The summed E-state index contributed by atoms with van der Waals surface area (Å²) >= 11 is 0.